The Hall–Kier alpha value is -5.82. The van der Waals surface area contributed by atoms with Crippen LogP contribution in [-0.2, 0) is 20.9 Å². The minimum Gasteiger partial charge on any atom is -0.445 e. The van der Waals surface area contributed by atoms with Gasteiger partial charge in [0.25, 0.3) is 0 Å². The summed E-state index contributed by atoms with van der Waals surface area (Å²) in [5.41, 5.74) is 6.64. The van der Waals surface area contributed by atoms with Gasteiger partial charge in [0.05, 0.1) is 46.1 Å². The number of hydrogen-bond acceptors (Lipinski definition) is 8. The summed E-state index contributed by atoms with van der Waals surface area (Å²) in [6.07, 6.45) is 6.74. The van der Waals surface area contributed by atoms with Crippen LogP contribution in [0.1, 0.15) is 75.8 Å². The van der Waals surface area contributed by atoms with Crippen molar-refractivity contribution < 1.29 is 19.1 Å². The van der Waals surface area contributed by atoms with Gasteiger partial charge in [-0.05, 0) is 54.9 Å². The lowest BCUT2D eigenvalue weighted by Crippen LogP contribution is -2.50. The molecule has 3 N–H and O–H groups in total. The second-order valence-corrected chi connectivity index (χ2v) is 15.7. The minimum atomic E-state index is -0.565. The fourth-order valence-electron chi connectivity index (χ4n) is 7.61. The zero-order valence-electron chi connectivity index (χ0n) is 31.1. The highest BCUT2D eigenvalue weighted by atomic mass is 32.1. The van der Waals surface area contributed by atoms with Crippen molar-refractivity contribution in [3.63, 3.8) is 0 Å². The fraction of sp³-hybridized carbons (Fsp3) is 0.333. The third kappa shape index (κ3) is 7.61. The molecule has 0 unspecified atom stereocenters. The van der Waals surface area contributed by atoms with Gasteiger partial charge in [0.1, 0.15) is 29.3 Å². The molecule has 0 saturated carbocycles. The van der Waals surface area contributed by atoms with E-state index in [4.69, 9.17) is 19.7 Å². The van der Waals surface area contributed by atoms with Gasteiger partial charge in [-0.2, -0.15) is 0 Å². The van der Waals surface area contributed by atoms with Crippen molar-refractivity contribution in [1.29, 1.82) is 0 Å². The van der Waals surface area contributed by atoms with Crippen LogP contribution >= 0.6 is 11.3 Å². The molecule has 0 aliphatic carbocycles. The summed E-state index contributed by atoms with van der Waals surface area (Å²) in [7, 11) is 0. The molecule has 8 rings (SSSR count). The Morgan fingerprint density at radius 1 is 0.836 bits per heavy atom. The highest BCUT2D eigenvalue weighted by molar-refractivity contribution is 7.21. The normalized spacial score (nSPS) is 17.6. The van der Waals surface area contributed by atoms with Gasteiger partial charge in [0, 0.05) is 31.1 Å². The van der Waals surface area contributed by atoms with Crippen LogP contribution in [0.25, 0.3) is 43.3 Å². The Morgan fingerprint density at radius 3 is 2.13 bits per heavy atom. The second-order valence-electron chi connectivity index (χ2n) is 14.6. The van der Waals surface area contributed by atoms with Crippen LogP contribution in [0.5, 0.6) is 0 Å². The van der Waals surface area contributed by atoms with E-state index in [-0.39, 0.29) is 42.5 Å². The Kier molecular flexibility index (Phi) is 10.2. The zero-order valence-corrected chi connectivity index (χ0v) is 31.9. The van der Waals surface area contributed by atoms with Crippen molar-refractivity contribution in [3.05, 3.63) is 102 Å². The molecule has 0 bridgehead atoms. The molecule has 12 nitrogen and oxygen atoms in total. The zero-order chi connectivity index (χ0) is 38.1. The van der Waals surface area contributed by atoms with Gasteiger partial charge in [0.2, 0.25) is 11.8 Å². The molecule has 2 aliphatic heterocycles. The van der Waals surface area contributed by atoms with E-state index >= 15 is 0 Å². The van der Waals surface area contributed by atoms with Gasteiger partial charge in [-0.25, -0.2) is 19.7 Å². The maximum absolute atomic E-state index is 13.5. The summed E-state index contributed by atoms with van der Waals surface area (Å²) < 4.78 is 6.70. The van der Waals surface area contributed by atoms with Crippen molar-refractivity contribution in [2.24, 2.45) is 5.92 Å². The molecular formula is C42H44N8O4S. The van der Waals surface area contributed by atoms with Crippen LogP contribution in [0, 0.1) is 5.92 Å². The molecule has 3 amide bonds. The Balaban J connectivity index is 0.935. The third-order valence-electron chi connectivity index (χ3n) is 10.5. The summed E-state index contributed by atoms with van der Waals surface area (Å²) >= 11 is 1.63. The lowest BCUT2D eigenvalue weighted by Gasteiger charge is -2.30. The number of hydrogen-bond donors (Lipinski definition) is 3. The molecule has 2 fully saturated rings. The number of nitrogens with one attached hydrogen (secondary N) is 3. The number of thiazole rings is 1. The number of carbonyl (C=O) groups is 3. The first-order valence-corrected chi connectivity index (χ1v) is 19.7. The molecule has 5 heterocycles. The molecule has 6 aromatic rings. The van der Waals surface area contributed by atoms with E-state index in [1.54, 1.807) is 16.2 Å². The van der Waals surface area contributed by atoms with E-state index in [1.807, 2.05) is 73.6 Å². The molecule has 3 aromatic carbocycles. The van der Waals surface area contributed by atoms with Crippen LogP contribution in [-0.4, -0.2) is 71.8 Å². The third-order valence-corrected chi connectivity index (χ3v) is 11.6. The summed E-state index contributed by atoms with van der Waals surface area (Å²) in [4.78, 5) is 63.2. The average molecular weight is 757 g/mol. The SMILES string of the molecule is CC(=O)N[C@H](C(=O)N1CCC[C@H]1c1ncc(-c2ccc(-c3nc4ccc(-c5cnc([C@@H]6CCCN6C(=O)OCc6ccccc6)[nH]5)cc4s3)cc2)[nH]1)C(C)C. The van der Waals surface area contributed by atoms with Gasteiger partial charge in [-0.3, -0.25) is 14.5 Å². The Labute approximate surface area is 323 Å². The first-order chi connectivity index (χ1) is 26.7. The van der Waals surface area contributed by atoms with Crippen molar-refractivity contribution in [1.82, 2.24) is 40.0 Å². The molecule has 3 aromatic heterocycles. The minimum absolute atomic E-state index is 0.0235. The summed E-state index contributed by atoms with van der Waals surface area (Å²) in [6.45, 7) is 6.85. The molecule has 282 valence electrons. The highest BCUT2D eigenvalue weighted by Crippen LogP contribution is 2.37. The number of likely N-dealkylation sites (tertiary alicyclic amines) is 2. The van der Waals surface area contributed by atoms with Gasteiger partial charge in [-0.15, -0.1) is 11.3 Å². The largest absolute Gasteiger partial charge is 0.445 e. The van der Waals surface area contributed by atoms with Crippen molar-refractivity contribution in [2.45, 2.75) is 71.2 Å². The van der Waals surface area contributed by atoms with Crippen molar-refractivity contribution in [3.8, 4) is 33.1 Å². The molecule has 2 aliphatic rings. The first-order valence-electron chi connectivity index (χ1n) is 18.9. The van der Waals surface area contributed by atoms with E-state index in [2.05, 4.69) is 45.6 Å². The summed E-state index contributed by atoms with van der Waals surface area (Å²) in [5.74, 6) is 1.21. The lowest BCUT2D eigenvalue weighted by molar-refractivity contribution is -0.138. The average Bonchev–Trinajstić information content (AvgIpc) is 4.04. The number of imidazole rings is 2. The number of H-pyrrole nitrogens is 2. The maximum atomic E-state index is 13.5. The number of benzene rings is 3. The van der Waals surface area contributed by atoms with Gasteiger partial charge in [0.15, 0.2) is 0 Å². The van der Waals surface area contributed by atoms with E-state index in [9.17, 15) is 14.4 Å². The van der Waals surface area contributed by atoms with E-state index in [1.165, 1.54) is 6.92 Å². The summed E-state index contributed by atoms with van der Waals surface area (Å²) in [5, 5.41) is 3.76. The number of carbonyl (C=O) groups excluding carboxylic acids is 3. The second kappa shape index (κ2) is 15.5. The number of nitrogens with zero attached hydrogens (tertiary/aromatic N) is 5. The van der Waals surface area contributed by atoms with Gasteiger partial charge in [-0.1, -0.05) is 74.5 Å². The van der Waals surface area contributed by atoms with Crippen LogP contribution in [0.3, 0.4) is 0 Å². The molecule has 13 heteroatoms. The Morgan fingerprint density at radius 2 is 1.45 bits per heavy atom. The lowest BCUT2D eigenvalue weighted by atomic mass is 10.0. The van der Waals surface area contributed by atoms with Crippen LogP contribution in [0.4, 0.5) is 4.79 Å². The van der Waals surface area contributed by atoms with Crippen molar-refractivity contribution in [2.75, 3.05) is 13.1 Å². The predicted octanol–water partition coefficient (Wildman–Crippen LogP) is 8.04. The molecule has 3 atom stereocenters. The van der Waals surface area contributed by atoms with Gasteiger partial charge >= 0.3 is 6.09 Å². The number of amides is 3. The monoisotopic (exact) mass is 756 g/mol. The van der Waals surface area contributed by atoms with Gasteiger partial charge < -0.3 is 24.9 Å². The van der Waals surface area contributed by atoms with E-state index < -0.39 is 6.04 Å². The van der Waals surface area contributed by atoms with Crippen LogP contribution in [0.2, 0.25) is 0 Å². The quantitative estimate of drug-likeness (QED) is 0.128. The fourth-order valence-corrected chi connectivity index (χ4v) is 8.62. The van der Waals surface area contributed by atoms with Crippen molar-refractivity contribution >= 4 is 39.5 Å². The van der Waals surface area contributed by atoms with Crippen LogP contribution in [0.15, 0.2) is 85.2 Å². The topological polar surface area (TPSA) is 149 Å². The number of fused-ring (bicyclic) bond motifs is 1. The first kappa shape index (κ1) is 36.2. The molecule has 2 saturated heterocycles. The predicted molar refractivity (Wildman–Crippen MR) is 212 cm³/mol. The molecule has 0 radical (unpaired) electrons. The van der Waals surface area contributed by atoms with Crippen LogP contribution < -0.4 is 5.32 Å². The number of aromatic amines is 2. The maximum Gasteiger partial charge on any atom is 0.410 e. The summed E-state index contributed by atoms with van der Waals surface area (Å²) in [6, 6.07) is 23.3. The highest BCUT2D eigenvalue weighted by Gasteiger charge is 2.37. The molecular weight excluding hydrogens is 713 g/mol. The number of ether oxygens (including phenoxy) is 1. The standard InChI is InChI=1S/C42H44N8O4S/c1-25(2)37(45-26(3)51)41(52)49-19-7-11-34(49)38-43-22-32(46-38)28-13-15-29(16-14-28)40-48-31-18-17-30(21-36(31)55-40)33-23-44-39(47-33)35-12-8-20-50(35)42(53)54-24-27-9-5-4-6-10-27/h4-6,9-10,13-18,21-23,25,34-35,37H,7-8,11-12,19-20,24H2,1-3H3,(H,43,46)(H,44,47)(H,45,51)/t34-,35-,37-/m0/s1. The van der Waals surface area contributed by atoms with E-state index in [0.717, 1.165) is 86.2 Å². The molecule has 55 heavy (non-hydrogen) atoms. The smallest absolute Gasteiger partial charge is 0.410 e. The number of aromatic nitrogens is 5. The molecule has 0 spiro atoms. The number of rotatable bonds is 10. The van der Waals surface area contributed by atoms with E-state index in [0.29, 0.717) is 13.1 Å². The Bertz CT molecular complexity index is 2310.